The molecule has 118 valence electrons. The first-order valence-corrected chi connectivity index (χ1v) is 7.67. The maximum Gasteiger partial charge on any atom is 0.258 e. The minimum atomic E-state index is -0.179. The number of rotatable bonds is 8. The van der Waals surface area contributed by atoms with Gasteiger partial charge in [0.25, 0.3) is 5.91 Å². The number of carbonyl (C=O) groups excluding carboxylic acids is 1. The molecule has 0 aliphatic heterocycles. The van der Waals surface area contributed by atoms with Gasteiger partial charge in [-0.15, -0.1) is 0 Å². The zero-order chi connectivity index (χ0) is 15.8. The minimum absolute atomic E-state index is 0.0252. The van der Waals surface area contributed by atoms with Gasteiger partial charge in [0.15, 0.2) is 6.61 Å². The molecular formula is C15H23BrN2O3. The largest absolute Gasteiger partial charge is 0.482 e. The van der Waals surface area contributed by atoms with Gasteiger partial charge in [-0.1, -0.05) is 12.1 Å². The maximum atomic E-state index is 11.8. The van der Waals surface area contributed by atoms with Crippen LogP contribution >= 0.6 is 15.9 Å². The fraction of sp³-hybridized carbons (Fsp3) is 0.533. The Kier molecular flexibility index (Phi) is 7.71. The monoisotopic (exact) mass is 358 g/mol. The predicted octanol–water partition coefficient (Wildman–Crippen LogP) is 1.87. The van der Waals surface area contributed by atoms with Gasteiger partial charge in [0.05, 0.1) is 11.1 Å². The molecule has 1 amide bonds. The molecule has 0 aromatic heterocycles. The Morgan fingerprint density at radius 3 is 2.76 bits per heavy atom. The summed E-state index contributed by atoms with van der Waals surface area (Å²) in [7, 11) is 1.60. The van der Waals surface area contributed by atoms with Crippen LogP contribution in [0.5, 0.6) is 5.75 Å². The molecule has 0 bridgehead atoms. The molecule has 0 saturated carbocycles. The lowest BCUT2D eigenvalue weighted by atomic mass is 10.1. The predicted molar refractivity (Wildman–Crippen MR) is 86.5 cm³/mol. The summed E-state index contributed by atoms with van der Waals surface area (Å²) in [5.41, 5.74) is 6.82. The van der Waals surface area contributed by atoms with Crippen LogP contribution in [-0.2, 0) is 16.0 Å². The fourth-order valence-corrected chi connectivity index (χ4v) is 2.49. The summed E-state index contributed by atoms with van der Waals surface area (Å²) in [6.45, 7) is 4.24. The summed E-state index contributed by atoms with van der Waals surface area (Å²) in [6.07, 6.45) is 0.691. The zero-order valence-corrected chi connectivity index (χ0v) is 14.3. The number of hydrogen-bond donors (Lipinski definition) is 2. The van der Waals surface area contributed by atoms with E-state index in [0.29, 0.717) is 18.8 Å². The molecule has 0 heterocycles. The van der Waals surface area contributed by atoms with Gasteiger partial charge in [0.2, 0.25) is 0 Å². The lowest BCUT2D eigenvalue weighted by Crippen LogP contribution is -2.38. The Labute approximate surface area is 134 Å². The lowest BCUT2D eigenvalue weighted by molar-refractivity contribution is -0.124. The van der Waals surface area contributed by atoms with Crippen molar-refractivity contribution in [3.63, 3.8) is 0 Å². The second kappa shape index (κ2) is 9.02. The zero-order valence-electron chi connectivity index (χ0n) is 12.7. The summed E-state index contributed by atoms with van der Waals surface area (Å²) in [6, 6.07) is 5.74. The highest BCUT2D eigenvalue weighted by atomic mass is 79.9. The van der Waals surface area contributed by atoms with Gasteiger partial charge in [-0.3, -0.25) is 4.79 Å². The lowest BCUT2D eigenvalue weighted by Gasteiger charge is -2.16. The molecule has 6 heteroatoms. The van der Waals surface area contributed by atoms with E-state index in [2.05, 4.69) is 21.2 Å². The summed E-state index contributed by atoms with van der Waals surface area (Å²) < 4.78 is 11.4. The number of benzene rings is 1. The number of ether oxygens (including phenoxy) is 2. The highest BCUT2D eigenvalue weighted by Gasteiger charge is 2.13. The molecule has 1 rings (SSSR count). The van der Waals surface area contributed by atoms with E-state index in [0.717, 1.165) is 10.0 Å². The number of amides is 1. The molecule has 0 radical (unpaired) electrons. The van der Waals surface area contributed by atoms with Crippen molar-refractivity contribution in [3.05, 3.63) is 28.2 Å². The molecular weight excluding hydrogens is 336 g/mol. The first kappa shape index (κ1) is 17.9. The molecule has 0 aliphatic carbocycles. The third kappa shape index (κ3) is 6.46. The van der Waals surface area contributed by atoms with Crippen molar-refractivity contribution in [1.82, 2.24) is 5.32 Å². The van der Waals surface area contributed by atoms with Crippen LogP contribution in [0.1, 0.15) is 19.4 Å². The molecule has 0 spiro atoms. The minimum Gasteiger partial charge on any atom is -0.482 e. The average Bonchev–Trinajstić information content (AvgIpc) is 2.37. The van der Waals surface area contributed by atoms with Crippen molar-refractivity contribution in [1.29, 1.82) is 0 Å². The Bertz CT molecular complexity index is 466. The smallest absolute Gasteiger partial charge is 0.258 e. The molecule has 5 nitrogen and oxygen atoms in total. The van der Waals surface area contributed by atoms with Gasteiger partial charge >= 0.3 is 0 Å². The molecule has 3 N–H and O–H groups in total. The Morgan fingerprint density at radius 2 is 2.14 bits per heavy atom. The highest BCUT2D eigenvalue weighted by molar-refractivity contribution is 9.10. The van der Waals surface area contributed by atoms with E-state index in [-0.39, 0.29) is 24.6 Å². The number of halogens is 1. The van der Waals surface area contributed by atoms with E-state index < -0.39 is 0 Å². The van der Waals surface area contributed by atoms with E-state index in [1.165, 1.54) is 0 Å². The van der Waals surface area contributed by atoms with E-state index in [1.807, 2.05) is 32.0 Å². The number of nitrogens with one attached hydrogen (secondary N) is 1. The van der Waals surface area contributed by atoms with E-state index in [9.17, 15) is 4.79 Å². The molecule has 1 aromatic carbocycles. The van der Waals surface area contributed by atoms with Crippen LogP contribution < -0.4 is 15.8 Å². The SMILES string of the molecule is COCC(C)NC(=O)COc1c(Br)cccc1CC(C)N. The summed E-state index contributed by atoms with van der Waals surface area (Å²) in [5, 5.41) is 2.80. The fourth-order valence-electron chi connectivity index (χ4n) is 1.97. The molecule has 2 unspecified atom stereocenters. The quantitative estimate of drug-likeness (QED) is 0.743. The van der Waals surface area contributed by atoms with Crippen molar-refractivity contribution < 1.29 is 14.3 Å². The first-order valence-electron chi connectivity index (χ1n) is 6.88. The number of methoxy groups -OCH3 is 1. The van der Waals surface area contributed by atoms with Gasteiger partial charge in [0.1, 0.15) is 5.75 Å². The molecule has 0 saturated heterocycles. The van der Waals surface area contributed by atoms with Crippen molar-refractivity contribution in [3.8, 4) is 5.75 Å². The van der Waals surface area contributed by atoms with Crippen LogP contribution in [0.2, 0.25) is 0 Å². The first-order chi connectivity index (χ1) is 9.93. The second-order valence-corrected chi connectivity index (χ2v) is 5.98. The third-order valence-corrected chi connectivity index (χ3v) is 3.39. The number of para-hydroxylation sites is 1. The molecule has 0 aliphatic rings. The van der Waals surface area contributed by atoms with Gasteiger partial charge in [-0.05, 0) is 47.8 Å². The number of nitrogens with two attached hydrogens (primary N) is 1. The normalized spacial score (nSPS) is 13.6. The second-order valence-electron chi connectivity index (χ2n) is 5.12. The van der Waals surface area contributed by atoms with Crippen molar-refractivity contribution in [2.24, 2.45) is 5.73 Å². The van der Waals surface area contributed by atoms with Crippen LogP contribution in [0.4, 0.5) is 0 Å². The van der Waals surface area contributed by atoms with Crippen LogP contribution in [-0.4, -0.2) is 38.3 Å². The van der Waals surface area contributed by atoms with Gasteiger partial charge in [-0.25, -0.2) is 0 Å². The van der Waals surface area contributed by atoms with Crippen molar-refractivity contribution >= 4 is 21.8 Å². The Balaban J connectivity index is 2.64. The van der Waals surface area contributed by atoms with Gasteiger partial charge in [-0.2, -0.15) is 0 Å². The van der Waals surface area contributed by atoms with Crippen LogP contribution in [0.15, 0.2) is 22.7 Å². The summed E-state index contributed by atoms with van der Waals surface area (Å²) >= 11 is 3.45. The summed E-state index contributed by atoms with van der Waals surface area (Å²) in [5.74, 6) is 0.492. The average molecular weight is 359 g/mol. The van der Waals surface area contributed by atoms with E-state index in [4.69, 9.17) is 15.2 Å². The highest BCUT2D eigenvalue weighted by Crippen LogP contribution is 2.29. The summed E-state index contributed by atoms with van der Waals surface area (Å²) in [4.78, 5) is 11.8. The van der Waals surface area contributed by atoms with Gasteiger partial charge < -0.3 is 20.5 Å². The van der Waals surface area contributed by atoms with Crippen LogP contribution in [0.25, 0.3) is 0 Å². The molecule has 21 heavy (non-hydrogen) atoms. The Hall–Kier alpha value is -1.11. The third-order valence-electron chi connectivity index (χ3n) is 2.76. The molecule has 2 atom stereocenters. The molecule has 1 aromatic rings. The number of hydrogen-bond acceptors (Lipinski definition) is 4. The van der Waals surface area contributed by atoms with Gasteiger partial charge in [0, 0.05) is 19.2 Å². The van der Waals surface area contributed by atoms with Crippen molar-refractivity contribution in [2.75, 3.05) is 20.3 Å². The van der Waals surface area contributed by atoms with E-state index in [1.54, 1.807) is 7.11 Å². The maximum absolute atomic E-state index is 11.8. The molecule has 0 fully saturated rings. The Morgan fingerprint density at radius 1 is 1.43 bits per heavy atom. The van der Waals surface area contributed by atoms with Crippen molar-refractivity contribution in [2.45, 2.75) is 32.4 Å². The standard InChI is InChI=1S/C15H23BrN2O3/c1-10(17)7-12-5-4-6-13(16)15(12)21-9-14(19)18-11(2)8-20-3/h4-6,10-11H,7-9,17H2,1-3H3,(H,18,19). The van der Waals surface area contributed by atoms with Crippen LogP contribution in [0.3, 0.4) is 0 Å². The topological polar surface area (TPSA) is 73.6 Å². The number of carbonyl (C=O) groups is 1. The van der Waals surface area contributed by atoms with E-state index >= 15 is 0 Å². The van der Waals surface area contributed by atoms with Crippen LogP contribution in [0, 0.1) is 0 Å².